The van der Waals surface area contributed by atoms with E-state index in [2.05, 4.69) is 25.2 Å². The Kier molecular flexibility index (Phi) is 4.44. The maximum absolute atomic E-state index is 12.4. The van der Waals surface area contributed by atoms with Gasteiger partial charge in [-0.3, -0.25) is 14.1 Å². The highest BCUT2D eigenvalue weighted by Gasteiger charge is 2.14. The first-order chi connectivity index (χ1) is 11.9. The SMILES string of the molecule is CC(=O)Nc1ccc(S(=O)(=O)Nc2ccc(-n3cnnc3)nc2)cc1. The topological polar surface area (TPSA) is 119 Å². The number of carbonyl (C=O) groups excluding carboxylic acids is 1. The van der Waals surface area contributed by atoms with Crippen molar-refractivity contribution in [2.45, 2.75) is 11.8 Å². The summed E-state index contributed by atoms with van der Waals surface area (Å²) < 4.78 is 28.8. The third-order valence-electron chi connectivity index (χ3n) is 3.17. The Bertz CT molecular complexity index is 967. The second-order valence-electron chi connectivity index (χ2n) is 5.09. The van der Waals surface area contributed by atoms with Crippen LogP contribution in [0.4, 0.5) is 11.4 Å². The molecule has 2 aromatic heterocycles. The molecule has 25 heavy (non-hydrogen) atoms. The molecule has 0 spiro atoms. The van der Waals surface area contributed by atoms with Crippen molar-refractivity contribution in [1.82, 2.24) is 19.7 Å². The summed E-state index contributed by atoms with van der Waals surface area (Å²) in [5.74, 6) is 0.334. The molecule has 0 aliphatic carbocycles. The Labute approximate surface area is 143 Å². The van der Waals surface area contributed by atoms with E-state index in [0.29, 0.717) is 17.2 Å². The molecule has 0 atom stereocenters. The fraction of sp³-hybridized carbons (Fsp3) is 0.0667. The van der Waals surface area contributed by atoms with Gasteiger partial charge in [-0.05, 0) is 36.4 Å². The fourth-order valence-corrected chi connectivity index (χ4v) is 3.10. The zero-order valence-electron chi connectivity index (χ0n) is 13.1. The van der Waals surface area contributed by atoms with E-state index in [0.717, 1.165) is 0 Å². The van der Waals surface area contributed by atoms with Crippen LogP contribution in [-0.4, -0.2) is 34.1 Å². The minimum Gasteiger partial charge on any atom is -0.326 e. The largest absolute Gasteiger partial charge is 0.326 e. The molecule has 128 valence electrons. The van der Waals surface area contributed by atoms with Gasteiger partial charge >= 0.3 is 0 Å². The molecule has 2 N–H and O–H groups in total. The summed E-state index contributed by atoms with van der Waals surface area (Å²) in [5, 5.41) is 9.94. The molecule has 0 saturated heterocycles. The number of benzene rings is 1. The summed E-state index contributed by atoms with van der Waals surface area (Å²) in [6.45, 7) is 1.38. The number of rotatable bonds is 5. The van der Waals surface area contributed by atoms with E-state index in [1.165, 1.54) is 50.0 Å². The van der Waals surface area contributed by atoms with Gasteiger partial charge in [0.2, 0.25) is 5.91 Å². The van der Waals surface area contributed by atoms with Crippen LogP contribution >= 0.6 is 0 Å². The van der Waals surface area contributed by atoms with Crippen LogP contribution in [0.5, 0.6) is 0 Å². The summed E-state index contributed by atoms with van der Waals surface area (Å²) in [5.41, 5.74) is 0.842. The zero-order valence-corrected chi connectivity index (χ0v) is 13.9. The molecule has 0 aliphatic heterocycles. The van der Waals surface area contributed by atoms with Crippen molar-refractivity contribution in [3.05, 3.63) is 55.2 Å². The van der Waals surface area contributed by atoms with Crippen molar-refractivity contribution >= 4 is 27.3 Å². The Balaban J connectivity index is 1.75. The highest BCUT2D eigenvalue weighted by atomic mass is 32.2. The summed E-state index contributed by atoms with van der Waals surface area (Å²) in [7, 11) is -3.76. The minimum atomic E-state index is -3.76. The predicted octanol–water partition coefficient (Wildman–Crippen LogP) is 1.42. The molecule has 1 amide bonds. The second-order valence-corrected chi connectivity index (χ2v) is 6.77. The van der Waals surface area contributed by atoms with Gasteiger partial charge in [0.1, 0.15) is 18.5 Å². The number of aromatic nitrogens is 4. The van der Waals surface area contributed by atoms with Crippen LogP contribution < -0.4 is 10.0 Å². The maximum atomic E-state index is 12.4. The van der Waals surface area contributed by atoms with Gasteiger partial charge in [0.25, 0.3) is 10.0 Å². The number of nitrogens with zero attached hydrogens (tertiary/aromatic N) is 4. The number of anilines is 2. The number of sulfonamides is 1. The first kappa shape index (κ1) is 16.6. The van der Waals surface area contributed by atoms with Crippen molar-refractivity contribution in [2.24, 2.45) is 0 Å². The Morgan fingerprint density at radius 1 is 1.00 bits per heavy atom. The van der Waals surface area contributed by atoms with E-state index in [-0.39, 0.29) is 10.8 Å². The fourth-order valence-electron chi connectivity index (χ4n) is 2.05. The van der Waals surface area contributed by atoms with Crippen LogP contribution in [0.25, 0.3) is 5.82 Å². The summed E-state index contributed by atoms with van der Waals surface area (Å²) in [6, 6.07) is 9.08. The van der Waals surface area contributed by atoms with E-state index in [1.807, 2.05) is 0 Å². The molecular formula is C15H14N6O3S. The summed E-state index contributed by atoms with van der Waals surface area (Å²) >= 11 is 0. The van der Waals surface area contributed by atoms with E-state index in [1.54, 1.807) is 16.7 Å². The molecule has 0 fully saturated rings. The molecule has 2 heterocycles. The standard InChI is InChI=1S/C15H14N6O3S/c1-11(22)19-12-2-5-14(6-3-12)25(23,24)20-13-4-7-15(16-8-13)21-9-17-18-10-21/h2-10,20H,1H3,(H,19,22). The number of hydrogen-bond donors (Lipinski definition) is 2. The lowest BCUT2D eigenvalue weighted by molar-refractivity contribution is -0.114. The Morgan fingerprint density at radius 2 is 1.64 bits per heavy atom. The smallest absolute Gasteiger partial charge is 0.261 e. The molecule has 0 aliphatic rings. The van der Waals surface area contributed by atoms with Crippen LogP contribution in [0.1, 0.15) is 6.92 Å². The molecule has 1 aromatic carbocycles. The third-order valence-corrected chi connectivity index (χ3v) is 4.57. The first-order valence-electron chi connectivity index (χ1n) is 7.15. The average molecular weight is 358 g/mol. The second kappa shape index (κ2) is 6.69. The van der Waals surface area contributed by atoms with Crippen LogP contribution in [0.3, 0.4) is 0 Å². The maximum Gasteiger partial charge on any atom is 0.261 e. The lowest BCUT2D eigenvalue weighted by Crippen LogP contribution is -2.13. The van der Waals surface area contributed by atoms with Crippen LogP contribution in [-0.2, 0) is 14.8 Å². The molecule has 9 nitrogen and oxygen atoms in total. The van der Waals surface area contributed by atoms with Gasteiger partial charge in [-0.2, -0.15) is 0 Å². The number of nitrogens with one attached hydrogen (secondary N) is 2. The molecule has 3 rings (SSSR count). The molecule has 3 aromatic rings. The van der Waals surface area contributed by atoms with Crippen molar-refractivity contribution in [3.63, 3.8) is 0 Å². The highest BCUT2D eigenvalue weighted by molar-refractivity contribution is 7.92. The quantitative estimate of drug-likeness (QED) is 0.712. The zero-order chi connectivity index (χ0) is 17.9. The number of pyridine rings is 1. The van der Waals surface area contributed by atoms with Gasteiger partial charge in [-0.25, -0.2) is 13.4 Å². The van der Waals surface area contributed by atoms with Crippen molar-refractivity contribution in [1.29, 1.82) is 0 Å². The van der Waals surface area contributed by atoms with E-state index >= 15 is 0 Å². The van der Waals surface area contributed by atoms with Gasteiger partial charge < -0.3 is 5.32 Å². The van der Waals surface area contributed by atoms with Gasteiger partial charge in [0.15, 0.2) is 0 Å². The normalized spacial score (nSPS) is 11.1. The van der Waals surface area contributed by atoms with Crippen LogP contribution in [0.15, 0.2) is 60.1 Å². The Hall–Kier alpha value is -3.27. The molecular weight excluding hydrogens is 344 g/mol. The lowest BCUT2D eigenvalue weighted by Gasteiger charge is -2.09. The van der Waals surface area contributed by atoms with Crippen molar-refractivity contribution in [2.75, 3.05) is 10.0 Å². The Morgan fingerprint density at radius 3 is 2.20 bits per heavy atom. The molecule has 10 heteroatoms. The summed E-state index contributed by atoms with van der Waals surface area (Å²) in [4.78, 5) is 15.2. The summed E-state index contributed by atoms with van der Waals surface area (Å²) in [6.07, 6.45) is 4.38. The van der Waals surface area contributed by atoms with Crippen LogP contribution in [0, 0.1) is 0 Å². The third kappa shape index (κ3) is 3.98. The predicted molar refractivity (Wildman–Crippen MR) is 90.7 cm³/mol. The number of carbonyl (C=O) groups is 1. The van der Waals surface area contributed by atoms with Gasteiger partial charge in [-0.15, -0.1) is 10.2 Å². The van der Waals surface area contributed by atoms with E-state index in [9.17, 15) is 13.2 Å². The van der Waals surface area contributed by atoms with E-state index in [4.69, 9.17) is 0 Å². The van der Waals surface area contributed by atoms with Crippen molar-refractivity contribution < 1.29 is 13.2 Å². The van der Waals surface area contributed by atoms with Crippen molar-refractivity contribution in [3.8, 4) is 5.82 Å². The van der Waals surface area contributed by atoms with Gasteiger partial charge in [-0.1, -0.05) is 0 Å². The van der Waals surface area contributed by atoms with Crippen LogP contribution in [0.2, 0.25) is 0 Å². The minimum absolute atomic E-state index is 0.0736. The molecule has 0 saturated carbocycles. The number of hydrogen-bond acceptors (Lipinski definition) is 6. The monoisotopic (exact) mass is 358 g/mol. The number of amides is 1. The molecule has 0 bridgehead atoms. The molecule has 0 unspecified atom stereocenters. The van der Waals surface area contributed by atoms with Gasteiger partial charge in [0.05, 0.1) is 16.8 Å². The molecule has 0 radical (unpaired) electrons. The lowest BCUT2D eigenvalue weighted by atomic mass is 10.3. The van der Waals surface area contributed by atoms with Gasteiger partial charge in [0, 0.05) is 12.6 Å². The highest BCUT2D eigenvalue weighted by Crippen LogP contribution is 2.18. The first-order valence-corrected chi connectivity index (χ1v) is 8.64. The average Bonchev–Trinajstić information content (AvgIpc) is 3.09. The van der Waals surface area contributed by atoms with E-state index < -0.39 is 10.0 Å².